The van der Waals surface area contributed by atoms with Gasteiger partial charge in [-0.25, -0.2) is 0 Å². The molecule has 0 saturated carbocycles. The second kappa shape index (κ2) is 3.82. The van der Waals surface area contributed by atoms with E-state index in [1.165, 1.54) is 7.11 Å². The van der Waals surface area contributed by atoms with Crippen LogP contribution in [0.15, 0.2) is 0 Å². The summed E-state index contributed by atoms with van der Waals surface area (Å²) < 4.78 is 4.87. The second-order valence-electron chi connectivity index (χ2n) is 2.34. The molecule has 1 rings (SSSR count). The van der Waals surface area contributed by atoms with Crippen molar-refractivity contribution >= 4 is 23.2 Å². The van der Waals surface area contributed by atoms with Crippen LogP contribution in [0.4, 0.5) is 0 Å². The topological polar surface area (TPSA) is 45.9 Å². The van der Waals surface area contributed by atoms with E-state index in [0.717, 1.165) is 0 Å². The fourth-order valence-electron chi connectivity index (χ4n) is 0.884. The highest BCUT2D eigenvalue weighted by molar-refractivity contribution is 6.34. The van der Waals surface area contributed by atoms with Crippen LogP contribution < -0.4 is 4.74 Å². The number of rotatable bonds is 1. The molecular formula is C8H6Cl2N2O. The van der Waals surface area contributed by atoms with Crippen LogP contribution in [-0.2, 0) is 0 Å². The molecular weight excluding hydrogens is 211 g/mol. The fraction of sp³-hybridized carbons (Fsp3) is 0.250. The largest absolute Gasteiger partial charge is 0.480 e. The highest BCUT2D eigenvalue weighted by atomic mass is 35.5. The van der Waals surface area contributed by atoms with Gasteiger partial charge in [0.15, 0.2) is 5.15 Å². The maximum Gasteiger partial charge on any atom is 0.234 e. The van der Waals surface area contributed by atoms with Gasteiger partial charge in [0, 0.05) is 0 Å². The Bertz CT molecular complexity index is 384. The van der Waals surface area contributed by atoms with Crippen molar-refractivity contribution in [3.05, 3.63) is 21.3 Å². The van der Waals surface area contributed by atoms with Crippen molar-refractivity contribution in [2.24, 2.45) is 0 Å². The number of hydrogen-bond donors (Lipinski definition) is 0. The van der Waals surface area contributed by atoms with Crippen molar-refractivity contribution in [3.8, 4) is 11.9 Å². The number of aromatic nitrogens is 1. The van der Waals surface area contributed by atoms with E-state index in [1.54, 1.807) is 6.92 Å². The highest BCUT2D eigenvalue weighted by Gasteiger charge is 2.14. The van der Waals surface area contributed by atoms with Crippen LogP contribution >= 0.6 is 23.2 Å². The van der Waals surface area contributed by atoms with Crippen molar-refractivity contribution in [2.45, 2.75) is 6.92 Å². The Kier molecular flexibility index (Phi) is 2.97. The van der Waals surface area contributed by atoms with Crippen LogP contribution in [0.1, 0.15) is 11.1 Å². The van der Waals surface area contributed by atoms with Gasteiger partial charge in [0.2, 0.25) is 5.88 Å². The zero-order valence-corrected chi connectivity index (χ0v) is 8.57. The molecule has 0 spiro atoms. The molecule has 1 aromatic rings. The first-order valence-electron chi connectivity index (χ1n) is 3.41. The molecule has 0 amide bonds. The maximum atomic E-state index is 8.71. The SMILES string of the molecule is COc1nc(Cl)c(C#N)c(C)c1Cl. The molecule has 0 saturated heterocycles. The van der Waals surface area contributed by atoms with E-state index in [2.05, 4.69) is 4.98 Å². The predicted molar refractivity (Wildman–Crippen MR) is 50.3 cm³/mol. The molecule has 0 aliphatic heterocycles. The first-order valence-corrected chi connectivity index (χ1v) is 4.17. The van der Waals surface area contributed by atoms with Crippen LogP contribution in [0.2, 0.25) is 10.2 Å². The molecule has 0 radical (unpaired) electrons. The third-order valence-electron chi connectivity index (χ3n) is 1.60. The van der Waals surface area contributed by atoms with Gasteiger partial charge in [-0.05, 0) is 12.5 Å². The Labute approximate surface area is 85.9 Å². The molecule has 0 unspecified atom stereocenters. The number of nitrogens with zero attached hydrogens (tertiary/aromatic N) is 2. The molecule has 0 aliphatic carbocycles. The smallest absolute Gasteiger partial charge is 0.234 e. The summed E-state index contributed by atoms with van der Waals surface area (Å²) >= 11 is 11.6. The molecule has 68 valence electrons. The molecule has 13 heavy (non-hydrogen) atoms. The number of methoxy groups -OCH3 is 1. The van der Waals surface area contributed by atoms with Crippen molar-refractivity contribution in [2.75, 3.05) is 7.11 Å². The zero-order valence-electron chi connectivity index (χ0n) is 7.06. The third-order valence-corrected chi connectivity index (χ3v) is 2.32. The van der Waals surface area contributed by atoms with E-state index < -0.39 is 0 Å². The lowest BCUT2D eigenvalue weighted by atomic mass is 10.2. The summed E-state index contributed by atoms with van der Waals surface area (Å²) in [5.74, 6) is 0.239. The van der Waals surface area contributed by atoms with Gasteiger partial charge in [0.25, 0.3) is 0 Å². The highest BCUT2D eigenvalue weighted by Crippen LogP contribution is 2.31. The van der Waals surface area contributed by atoms with Crippen molar-refractivity contribution in [1.82, 2.24) is 4.98 Å². The van der Waals surface area contributed by atoms with Gasteiger partial charge >= 0.3 is 0 Å². The molecule has 0 aromatic carbocycles. The Hall–Kier alpha value is -0.980. The van der Waals surface area contributed by atoms with Crippen molar-refractivity contribution in [1.29, 1.82) is 5.26 Å². The summed E-state index contributed by atoms with van der Waals surface area (Å²) in [6.45, 7) is 1.69. The Morgan fingerprint density at radius 3 is 2.54 bits per heavy atom. The number of hydrogen-bond acceptors (Lipinski definition) is 3. The van der Waals surface area contributed by atoms with Crippen molar-refractivity contribution < 1.29 is 4.74 Å². The summed E-state index contributed by atoms with van der Waals surface area (Å²) in [7, 11) is 1.44. The number of halogens is 2. The Balaban J connectivity index is 3.48. The fourth-order valence-corrected chi connectivity index (χ4v) is 1.36. The van der Waals surface area contributed by atoms with Gasteiger partial charge in [0.1, 0.15) is 11.1 Å². The second-order valence-corrected chi connectivity index (χ2v) is 3.07. The van der Waals surface area contributed by atoms with Crippen LogP contribution in [0, 0.1) is 18.3 Å². The maximum absolute atomic E-state index is 8.71. The van der Waals surface area contributed by atoms with Crippen LogP contribution in [-0.4, -0.2) is 12.1 Å². The molecule has 0 bridgehead atoms. The molecule has 3 nitrogen and oxygen atoms in total. The molecule has 0 N–H and O–H groups in total. The van der Waals surface area contributed by atoms with Gasteiger partial charge in [-0.15, -0.1) is 0 Å². The first-order chi connectivity index (χ1) is 6.11. The van der Waals surface area contributed by atoms with Gasteiger partial charge in [-0.2, -0.15) is 10.2 Å². The lowest BCUT2D eigenvalue weighted by Crippen LogP contribution is -1.95. The molecule has 1 heterocycles. The summed E-state index contributed by atoms with van der Waals surface area (Å²) in [5.41, 5.74) is 0.869. The number of pyridine rings is 1. The van der Waals surface area contributed by atoms with Gasteiger partial charge in [-0.1, -0.05) is 23.2 Å². The van der Waals surface area contributed by atoms with Crippen LogP contribution in [0.3, 0.4) is 0 Å². The van der Waals surface area contributed by atoms with E-state index in [9.17, 15) is 0 Å². The number of ether oxygens (including phenoxy) is 1. The average molecular weight is 217 g/mol. The molecule has 0 aliphatic rings. The minimum absolute atomic E-state index is 0.112. The Morgan fingerprint density at radius 2 is 2.08 bits per heavy atom. The Morgan fingerprint density at radius 1 is 1.46 bits per heavy atom. The average Bonchev–Trinajstić information content (AvgIpc) is 2.12. The molecule has 1 aromatic heterocycles. The minimum Gasteiger partial charge on any atom is -0.480 e. The lowest BCUT2D eigenvalue weighted by molar-refractivity contribution is 0.398. The van der Waals surface area contributed by atoms with Crippen LogP contribution in [0.5, 0.6) is 5.88 Å². The van der Waals surface area contributed by atoms with E-state index in [-0.39, 0.29) is 16.6 Å². The summed E-state index contributed by atoms with van der Waals surface area (Å²) in [5, 5.41) is 9.15. The minimum atomic E-state index is 0.112. The van der Waals surface area contributed by atoms with E-state index >= 15 is 0 Å². The summed E-state index contributed by atoms with van der Waals surface area (Å²) in [6, 6.07) is 1.92. The van der Waals surface area contributed by atoms with E-state index in [1.807, 2.05) is 6.07 Å². The molecule has 0 atom stereocenters. The van der Waals surface area contributed by atoms with Gasteiger partial charge in [0.05, 0.1) is 12.7 Å². The summed E-state index contributed by atoms with van der Waals surface area (Å²) in [6.07, 6.45) is 0. The zero-order chi connectivity index (χ0) is 10.0. The quantitative estimate of drug-likeness (QED) is 0.679. The molecule has 5 heteroatoms. The normalized spacial score (nSPS) is 9.46. The van der Waals surface area contributed by atoms with Crippen molar-refractivity contribution in [3.63, 3.8) is 0 Å². The standard InChI is InChI=1S/C8H6Cl2N2O/c1-4-5(3-11)7(10)12-8(13-2)6(4)9/h1-2H3. The van der Waals surface area contributed by atoms with Gasteiger partial charge < -0.3 is 4.74 Å². The number of nitriles is 1. The van der Waals surface area contributed by atoms with Crippen LogP contribution in [0.25, 0.3) is 0 Å². The van der Waals surface area contributed by atoms with E-state index in [0.29, 0.717) is 10.6 Å². The monoisotopic (exact) mass is 216 g/mol. The predicted octanol–water partition coefficient (Wildman–Crippen LogP) is 2.58. The summed E-state index contributed by atoms with van der Waals surface area (Å²) in [4.78, 5) is 3.81. The van der Waals surface area contributed by atoms with E-state index in [4.69, 9.17) is 33.2 Å². The van der Waals surface area contributed by atoms with Gasteiger partial charge in [-0.3, -0.25) is 0 Å². The molecule has 0 fully saturated rings. The first kappa shape index (κ1) is 10.1. The lowest BCUT2D eigenvalue weighted by Gasteiger charge is -2.06. The third kappa shape index (κ3) is 1.69.